The Balaban J connectivity index is 2.06. The SMILES string of the molecule is CCc1cccnc1-c1noc(-c2cc(O)ccc2O)n1. The molecule has 2 aromatic heterocycles. The molecule has 106 valence electrons. The lowest BCUT2D eigenvalue weighted by Gasteiger charge is -2.01. The van der Waals surface area contributed by atoms with Crippen molar-refractivity contribution < 1.29 is 14.7 Å². The van der Waals surface area contributed by atoms with E-state index in [9.17, 15) is 10.2 Å². The molecular weight excluding hydrogens is 270 g/mol. The number of pyridine rings is 1. The van der Waals surface area contributed by atoms with Crippen LogP contribution in [0.25, 0.3) is 23.0 Å². The fourth-order valence-corrected chi connectivity index (χ4v) is 2.05. The van der Waals surface area contributed by atoms with Crippen molar-refractivity contribution in [3.8, 4) is 34.5 Å². The van der Waals surface area contributed by atoms with Gasteiger partial charge in [-0.15, -0.1) is 0 Å². The number of phenolic OH excluding ortho intramolecular Hbond substituents is 2. The van der Waals surface area contributed by atoms with Gasteiger partial charge in [0.05, 0.1) is 5.56 Å². The average Bonchev–Trinajstić information content (AvgIpc) is 2.99. The number of aromatic hydroxyl groups is 2. The third-order valence-electron chi connectivity index (χ3n) is 3.12. The largest absolute Gasteiger partial charge is 0.508 e. The highest BCUT2D eigenvalue weighted by atomic mass is 16.5. The zero-order valence-corrected chi connectivity index (χ0v) is 11.3. The molecule has 2 N–H and O–H groups in total. The zero-order chi connectivity index (χ0) is 14.8. The Morgan fingerprint density at radius 2 is 2.05 bits per heavy atom. The van der Waals surface area contributed by atoms with Gasteiger partial charge < -0.3 is 14.7 Å². The van der Waals surface area contributed by atoms with Gasteiger partial charge in [-0.05, 0) is 36.2 Å². The number of rotatable bonds is 3. The lowest BCUT2D eigenvalue weighted by atomic mass is 10.1. The first-order chi connectivity index (χ1) is 10.2. The van der Waals surface area contributed by atoms with Crippen LogP contribution in [0.4, 0.5) is 0 Å². The van der Waals surface area contributed by atoms with Crippen LogP contribution in [0.15, 0.2) is 41.1 Å². The summed E-state index contributed by atoms with van der Waals surface area (Å²) in [5, 5.41) is 23.2. The van der Waals surface area contributed by atoms with Crippen molar-refractivity contribution in [1.29, 1.82) is 0 Å². The van der Waals surface area contributed by atoms with E-state index >= 15 is 0 Å². The Kier molecular flexibility index (Phi) is 3.27. The molecule has 0 bridgehead atoms. The molecule has 0 radical (unpaired) electrons. The Hall–Kier alpha value is -2.89. The molecular formula is C15H13N3O3. The van der Waals surface area contributed by atoms with Gasteiger partial charge in [-0.25, -0.2) is 0 Å². The molecule has 3 aromatic rings. The van der Waals surface area contributed by atoms with Crippen molar-refractivity contribution >= 4 is 0 Å². The van der Waals surface area contributed by atoms with Crippen molar-refractivity contribution in [3.05, 3.63) is 42.1 Å². The van der Waals surface area contributed by atoms with E-state index in [1.807, 2.05) is 19.1 Å². The molecule has 0 aliphatic rings. The van der Waals surface area contributed by atoms with Crippen LogP contribution in [0.3, 0.4) is 0 Å². The summed E-state index contributed by atoms with van der Waals surface area (Å²) in [7, 11) is 0. The molecule has 0 aliphatic heterocycles. The minimum absolute atomic E-state index is 0.00892. The summed E-state index contributed by atoms with van der Waals surface area (Å²) < 4.78 is 5.17. The van der Waals surface area contributed by atoms with Gasteiger partial charge in [0.2, 0.25) is 5.82 Å². The van der Waals surface area contributed by atoms with E-state index < -0.39 is 0 Å². The van der Waals surface area contributed by atoms with Crippen LogP contribution < -0.4 is 0 Å². The quantitative estimate of drug-likeness (QED) is 0.718. The second kappa shape index (κ2) is 5.24. The number of aromatic nitrogens is 3. The van der Waals surface area contributed by atoms with Crippen LogP contribution in [0.2, 0.25) is 0 Å². The first-order valence-corrected chi connectivity index (χ1v) is 6.49. The summed E-state index contributed by atoms with van der Waals surface area (Å²) >= 11 is 0. The van der Waals surface area contributed by atoms with Gasteiger partial charge in [0.15, 0.2) is 0 Å². The Morgan fingerprint density at radius 1 is 1.19 bits per heavy atom. The summed E-state index contributed by atoms with van der Waals surface area (Å²) in [6, 6.07) is 7.91. The molecule has 0 atom stereocenters. The number of hydrogen-bond donors (Lipinski definition) is 2. The van der Waals surface area contributed by atoms with Gasteiger partial charge in [0.1, 0.15) is 17.2 Å². The maximum Gasteiger partial charge on any atom is 0.262 e. The van der Waals surface area contributed by atoms with Crippen LogP contribution in [0, 0.1) is 0 Å². The standard InChI is InChI=1S/C15H13N3O3/c1-2-9-4-3-7-16-13(9)14-17-15(21-18-14)11-8-10(19)5-6-12(11)20/h3-8,19-20H,2H2,1H3. The van der Waals surface area contributed by atoms with E-state index in [4.69, 9.17) is 4.52 Å². The van der Waals surface area contributed by atoms with Gasteiger partial charge in [-0.2, -0.15) is 4.98 Å². The summed E-state index contributed by atoms with van der Waals surface area (Å²) in [5.41, 5.74) is 1.93. The van der Waals surface area contributed by atoms with Gasteiger partial charge in [-0.3, -0.25) is 4.98 Å². The predicted molar refractivity (Wildman–Crippen MR) is 75.7 cm³/mol. The van der Waals surface area contributed by atoms with Crippen LogP contribution in [0.1, 0.15) is 12.5 Å². The molecule has 0 fully saturated rings. The third kappa shape index (κ3) is 2.43. The summed E-state index contributed by atoms with van der Waals surface area (Å²) in [6.45, 7) is 2.02. The molecule has 0 spiro atoms. The first kappa shape index (κ1) is 13.1. The minimum Gasteiger partial charge on any atom is -0.508 e. The monoisotopic (exact) mass is 283 g/mol. The average molecular weight is 283 g/mol. The molecule has 0 amide bonds. The van der Waals surface area contributed by atoms with E-state index in [-0.39, 0.29) is 23.0 Å². The zero-order valence-electron chi connectivity index (χ0n) is 11.3. The van der Waals surface area contributed by atoms with Gasteiger partial charge in [-0.1, -0.05) is 18.1 Å². The molecule has 1 aromatic carbocycles. The minimum atomic E-state index is -0.0419. The van der Waals surface area contributed by atoms with Gasteiger partial charge in [0.25, 0.3) is 5.89 Å². The maximum atomic E-state index is 9.81. The van der Waals surface area contributed by atoms with Crippen molar-refractivity contribution in [2.45, 2.75) is 13.3 Å². The molecule has 0 unspecified atom stereocenters. The van der Waals surface area contributed by atoms with Crippen LogP contribution in [0.5, 0.6) is 11.5 Å². The van der Waals surface area contributed by atoms with Crippen molar-refractivity contribution in [2.75, 3.05) is 0 Å². The van der Waals surface area contributed by atoms with Crippen molar-refractivity contribution in [1.82, 2.24) is 15.1 Å². The number of benzene rings is 1. The van der Waals surface area contributed by atoms with Crippen LogP contribution >= 0.6 is 0 Å². The number of phenols is 2. The molecule has 0 saturated carbocycles. The molecule has 0 aliphatic carbocycles. The van der Waals surface area contributed by atoms with E-state index in [1.54, 1.807) is 6.20 Å². The first-order valence-electron chi connectivity index (χ1n) is 6.49. The highest BCUT2D eigenvalue weighted by Crippen LogP contribution is 2.32. The molecule has 6 heteroatoms. The fraction of sp³-hybridized carbons (Fsp3) is 0.133. The number of hydrogen-bond acceptors (Lipinski definition) is 6. The summed E-state index contributed by atoms with van der Waals surface area (Å²) in [6.07, 6.45) is 2.46. The molecule has 6 nitrogen and oxygen atoms in total. The fourth-order valence-electron chi connectivity index (χ4n) is 2.05. The lowest BCUT2D eigenvalue weighted by Crippen LogP contribution is -1.92. The number of nitrogens with zero attached hydrogens (tertiary/aromatic N) is 3. The topological polar surface area (TPSA) is 92.3 Å². The predicted octanol–water partition coefficient (Wildman–Crippen LogP) is 2.77. The highest BCUT2D eigenvalue weighted by molar-refractivity contribution is 5.66. The van der Waals surface area contributed by atoms with E-state index in [2.05, 4.69) is 15.1 Å². The van der Waals surface area contributed by atoms with Crippen LogP contribution in [-0.4, -0.2) is 25.3 Å². The second-order valence-electron chi connectivity index (χ2n) is 4.49. The second-order valence-corrected chi connectivity index (χ2v) is 4.49. The van der Waals surface area contributed by atoms with E-state index in [0.717, 1.165) is 12.0 Å². The summed E-state index contributed by atoms with van der Waals surface area (Å²) in [5.74, 6) is 0.450. The Labute approximate surface area is 120 Å². The normalized spacial score (nSPS) is 10.7. The maximum absolute atomic E-state index is 9.81. The lowest BCUT2D eigenvalue weighted by molar-refractivity contribution is 0.423. The Morgan fingerprint density at radius 3 is 2.86 bits per heavy atom. The van der Waals surface area contributed by atoms with Gasteiger partial charge >= 0.3 is 0 Å². The highest BCUT2D eigenvalue weighted by Gasteiger charge is 2.17. The molecule has 2 heterocycles. The third-order valence-corrected chi connectivity index (χ3v) is 3.12. The molecule has 21 heavy (non-hydrogen) atoms. The van der Waals surface area contributed by atoms with Crippen molar-refractivity contribution in [2.24, 2.45) is 0 Å². The van der Waals surface area contributed by atoms with Gasteiger partial charge in [0, 0.05) is 6.20 Å². The van der Waals surface area contributed by atoms with E-state index in [0.29, 0.717) is 11.5 Å². The molecule has 0 saturated heterocycles. The van der Waals surface area contributed by atoms with Crippen molar-refractivity contribution in [3.63, 3.8) is 0 Å². The summed E-state index contributed by atoms with van der Waals surface area (Å²) in [4.78, 5) is 8.52. The Bertz CT molecular complexity index is 783. The molecule has 3 rings (SSSR count). The van der Waals surface area contributed by atoms with Crippen LogP contribution in [-0.2, 0) is 6.42 Å². The number of aryl methyl sites for hydroxylation is 1. The van der Waals surface area contributed by atoms with E-state index in [1.165, 1.54) is 18.2 Å². The smallest absolute Gasteiger partial charge is 0.262 e.